The molecule has 118 valence electrons. The summed E-state index contributed by atoms with van der Waals surface area (Å²) in [5.74, 6) is 0. The highest BCUT2D eigenvalue weighted by Crippen LogP contribution is 2.26. The third-order valence-electron chi connectivity index (χ3n) is 2.48. The van der Waals surface area contributed by atoms with E-state index in [0.717, 1.165) is 6.07 Å². The van der Waals surface area contributed by atoms with Crippen molar-refractivity contribution in [3.63, 3.8) is 0 Å². The van der Waals surface area contributed by atoms with Gasteiger partial charge in [-0.1, -0.05) is 15.9 Å². The maximum atomic E-state index is 12.1. The summed E-state index contributed by atoms with van der Waals surface area (Å²) < 4.78 is 31.8. The van der Waals surface area contributed by atoms with E-state index >= 15 is 0 Å². The molecule has 0 aromatic heterocycles. The number of rotatable bonds is 9. The van der Waals surface area contributed by atoms with Crippen molar-refractivity contribution in [1.29, 1.82) is 0 Å². The zero-order chi connectivity index (χ0) is 15.9. The molecule has 0 heterocycles. The van der Waals surface area contributed by atoms with Crippen molar-refractivity contribution in [1.82, 2.24) is 10.0 Å². The van der Waals surface area contributed by atoms with Gasteiger partial charge in [-0.05, 0) is 12.1 Å². The molecule has 0 amide bonds. The smallest absolute Gasteiger partial charge is 0.289 e. The molecule has 21 heavy (non-hydrogen) atoms. The average Bonchev–Trinajstić information content (AvgIpc) is 2.42. The Morgan fingerprint density at radius 1 is 1.33 bits per heavy atom. The van der Waals surface area contributed by atoms with Crippen LogP contribution in [-0.4, -0.2) is 46.7 Å². The molecule has 0 aliphatic carbocycles. The summed E-state index contributed by atoms with van der Waals surface area (Å²) in [6, 6.07) is 3.78. The highest BCUT2D eigenvalue weighted by Gasteiger charge is 2.25. The van der Waals surface area contributed by atoms with E-state index in [9.17, 15) is 18.5 Å². The number of nitro groups is 1. The van der Waals surface area contributed by atoms with Gasteiger partial charge in [-0.25, -0.2) is 13.1 Å². The summed E-state index contributed by atoms with van der Waals surface area (Å²) in [5.41, 5.74) is -0.460. The highest BCUT2D eigenvalue weighted by atomic mass is 79.9. The van der Waals surface area contributed by atoms with Crippen molar-refractivity contribution < 1.29 is 18.1 Å². The Morgan fingerprint density at radius 3 is 2.67 bits per heavy atom. The summed E-state index contributed by atoms with van der Waals surface area (Å²) in [6.07, 6.45) is 0. The largest absolute Gasteiger partial charge is 0.383 e. The first-order valence-electron chi connectivity index (χ1n) is 6.01. The Bertz CT molecular complexity index is 594. The lowest BCUT2D eigenvalue weighted by Gasteiger charge is -2.08. The summed E-state index contributed by atoms with van der Waals surface area (Å²) >= 11 is 3.11. The van der Waals surface area contributed by atoms with Crippen LogP contribution in [0.5, 0.6) is 0 Å². The minimum Gasteiger partial charge on any atom is -0.383 e. The molecule has 0 radical (unpaired) electrons. The van der Waals surface area contributed by atoms with Crippen LogP contribution in [0.2, 0.25) is 0 Å². The minimum absolute atomic E-state index is 0.121. The van der Waals surface area contributed by atoms with Crippen molar-refractivity contribution in [2.75, 3.05) is 33.4 Å². The fourth-order valence-corrected chi connectivity index (χ4v) is 3.24. The average molecular weight is 382 g/mol. The molecule has 0 bridgehead atoms. The summed E-state index contributed by atoms with van der Waals surface area (Å²) in [6.45, 7) is 1.62. The van der Waals surface area contributed by atoms with Gasteiger partial charge in [0, 0.05) is 37.3 Å². The topological polar surface area (TPSA) is 111 Å². The lowest BCUT2D eigenvalue weighted by atomic mass is 10.3. The Kier molecular flexibility index (Phi) is 7.18. The molecule has 1 aromatic rings. The van der Waals surface area contributed by atoms with E-state index in [2.05, 4.69) is 26.0 Å². The van der Waals surface area contributed by atoms with Gasteiger partial charge < -0.3 is 10.1 Å². The van der Waals surface area contributed by atoms with E-state index in [-0.39, 0.29) is 11.4 Å². The molecule has 0 unspecified atom stereocenters. The summed E-state index contributed by atoms with van der Waals surface area (Å²) in [4.78, 5) is 9.81. The molecule has 0 fully saturated rings. The maximum Gasteiger partial charge on any atom is 0.289 e. The van der Waals surface area contributed by atoms with Crippen LogP contribution in [-0.2, 0) is 14.8 Å². The van der Waals surface area contributed by atoms with Gasteiger partial charge in [-0.15, -0.1) is 0 Å². The van der Waals surface area contributed by atoms with Gasteiger partial charge in [0.05, 0.1) is 11.5 Å². The van der Waals surface area contributed by atoms with Gasteiger partial charge in [-0.3, -0.25) is 10.1 Å². The molecule has 1 rings (SSSR count). The fraction of sp³-hybridized carbons (Fsp3) is 0.455. The highest BCUT2D eigenvalue weighted by molar-refractivity contribution is 9.10. The Hall–Kier alpha value is -1.07. The van der Waals surface area contributed by atoms with Gasteiger partial charge in [0.2, 0.25) is 10.0 Å². The monoisotopic (exact) mass is 381 g/mol. The molecule has 0 aliphatic rings. The Morgan fingerprint density at radius 2 is 2.05 bits per heavy atom. The third kappa shape index (κ3) is 5.67. The fourth-order valence-electron chi connectivity index (χ4n) is 1.50. The maximum absolute atomic E-state index is 12.1. The zero-order valence-corrected chi connectivity index (χ0v) is 13.7. The number of nitrogens with one attached hydrogen (secondary N) is 2. The lowest BCUT2D eigenvalue weighted by molar-refractivity contribution is -0.387. The SMILES string of the molecule is COCCNCCNS(=O)(=O)c1cc(Br)ccc1[N+](=O)[O-]. The van der Waals surface area contributed by atoms with Gasteiger partial charge in [-0.2, -0.15) is 0 Å². The van der Waals surface area contributed by atoms with E-state index < -0.39 is 20.6 Å². The molecule has 0 atom stereocenters. The second kappa shape index (κ2) is 8.39. The number of benzene rings is 1. The number of halogens is 1. The quantitative estimate of drug-likeness (QED) is 0.373. The molecular formula is C11H16BrN3O5S. The van der Waals surface area contributed by atoms with E-state index in [0.29, 0.717) is 24.2 Å². The van der Waals surface area contributed by atoms with Crippen LogP contribution in [0.1, 0.15) is 0 Å². The molecule has 0 saturated heterocycles. The molecule has 0 spiro atoms. The van der Waals surface area contributed by atoms with Crippen molar-refractivity contribution in [3.05, 3.63) is 32.8 Å². The Labute approximate surface area is 131 Å². The standard InChI is InChI=1S/C11H16BrN3O5S/c1-20-7-6-13-4-5-14-21(18,19)11-8-9(12)2-3-10(11)15(16)17/h2-3,8,13-14H,4-7H2,1H3. The minimum atomic E-state index is -3.94. The molecular weight excluding hydrogens is 366 g/mol. The number of hydrogen-bond donors (Lipinski definition) is 2. The molecule has 8 nitrogen and oxygen atoms in total. The number of nitrogens with zero attached hydrogens (tertiary/aromatic N) is 1. The predicted molar refractivity (Wildman–Crippen MR) is 80.7 cm³/mol. The van der Waals surface area contributed by atoms with Crippen molar-refractivity contribution >= 4 is 31.6 Å². The van der Waals surface area contributed by atoms with Crippen LogP contribution in [0.25, 0.3) is 0 Å². The zero-order valence-electron chi connectivity index (χ0n) is 11.3. The van der Waals surface area contributed by atoms with Crippen LogP contribution in [0, 0.1) is 10.1 Å². The number of methoxy groups -OCH3 is 1. The van der Waals surface area contributed by atoms with Gasteiger partial charge in [0.25, 0.3) is 5.69 Å². The van der Waals surface area contributed by atoms with Crippen LogP contribution in [0.3, 0.4) is 0 Å². The second-order valence-electron chi connectivity index (χ2n) is 4.01. The van der Waals surface area contributed by atoms with E-state index in [1.165, 1.54) is 12.1 Å². The summed E-state index contributed by atoms with van der Waals surface area (Å²) in [7, 11) is -2.38. The van der Waals surface area contributed by atoms with Crippen LogP contribution < -0.4 is 10.0 Å². The lowest BCUT2D eigenvalue weighted by Crippen LogP contribution is -2.33. The third-order valence-corrected chi connectivity index (χ3v) is 4.47. The van der Waals surface area contributed by atoms with Crippen LogP contribution in [0.4, 0.5) is 5.69 Å². The van der Waals surface area contributed by atoms with E-state index in [1.54, 1.807) is 7.11 Å². The van der Waals surface area contributed by atoms with Crippen molar-refractivity contribution in [3.8, 4) is 0 Å². The van der Waals surface area contributed by atoms with Crippen LogP contribution >= 0.6 is 15.9 Å². The molecule has 0 aliphatic heterocycles. The molecule has 1 aromatic carbocycles. The first-order chi connectivity index (χ1) is 9.88. The molecule has 2 N–H and O–H groups in total. The van der Waals surface area contributed by atoms with Gasteiger partial charge >= 0.3 is 0 Å². The van der Waals surface area contributed by atoms with Crippen molar-refractivity contribution in [2.45, 2.75) is 4.90 Å². The number of sulfonamides is 1. The second-order valence-corrected chi connectivity index (χ2v) is 6.66. The molecule has 10 heteroatoms. The number of hydrogen-bond acceptors (Lipinski definition) is 6. The molecule has 0 saturated carbocycles. The van der Waals surface area contributed by atoms with Gasteiger partial charge in [0.1, 0.15) is 0 Å². The number of nitro benzene ring substituents is 1. The number of ether oxygens (including phenoxy) is 1. The Balaban J connectivity index is 2.74. The first-order valence-corrected chi connectivity index (χ1v) is 8.29. The van der Waals surface area contributed by atoms with Crippen molar-refractivity contribution in [2.24, 2.45) is 0 Å². The first kappa shape index (κ1) is 18.0. The predicted octanol–water partition coefficient (Wildman–Crippen LogP) is 0.872. The summed E-state index contributed by atoms with van der Waals surface area (Å²) in [5, 5.41) is 13.9. The normalized spacial score (nSPS) is 11.5. The van der Waals surface area contributed by atoms with E-state index in [4.69, 9.17) is 4.74 Å². The van der Waals surface area contributed by atoms with Gasteiger partial charge in [0.15, 0.2) is 4.90 Å². The van der Waals surface area contributed by atoms with Crippen LogP contribution in [0.15, 0.2) is 27.6 Å². The van der Waals surface area contributed by atoms with E-state index in [1.807, 2.05) is 0 Å².